The number of thioether (sulfide) groups is 1. The molecular weight excluding hydrogens is 386 g/mol. The van der Waals surface area contributed by atoms with Crippen molar-refractivity contribution in [2.24, 2.45) is 0 Å². The molecule has 0 saturated heterocycles. The van der Waals surface area contributed by atoms with Crippen molar-refractivity contribution in [1.82, 2.24) is 0 Å². The van der Waals surface area contributed by atoms with Gasteiger partial charge in [-0.3, -0.25) is 4.79 Å². The molecule has 0 aliphatic rings. The van der Waals surface area contributed by atoms with Gasteiger partial charge in [0.25, 0.3) is 5.91 Å². The average Bonchev–Trinajstić information content (AvgIpc) is 2.64. The summed E-state index contributed by atoms with van der Waals surface area (Å²) in [6.07, 6.45) is 5.84. The minimum atomic E-state index is -3.49. The predicted molar refractivity (Wildman–Crippen MR) is 106 cm³/mol. The zero-order valence-electron chi connectivity index (χ0n) is 14.8. The smallest absolute Gasteiger partial charge is 0.331 e. The van der Waals surface area contributed by atoms with Crippen LogP contribution in [0.2, 0.25) is 0 Å². The van der Waals surface area contributed by atoms with E-state index in [-0.39, 0.29) is 10.6 Å². The van der Waals surface area contributed by atoms with E-state index in [9.17, 15) is 18.0 Å². The van der Waals surface area contributed by atoms with Gasteiger partial charge in [0.1, 0.15) is 0 Å². The lowest BCUT2D eigenvalue weighted by atomic mass is 10.2. The maximum atomic E-state index is 11.9. The van der Waals surface area contributed by atoms with Crippen molar-refractivity contribution < 1.29 is 22.7 Å². The molecule has 6 nitrogen and oxygen atoms in total. The Labute approximate surface area is 162 Å². The van der Waals surface area contributed by atoms with Gasteiger partial charge in [-0.05, 0) is 42.2 Å². The molecule has 0 unspecified atom stereocenters. The standard InChI is InChI=1S/C19H19NO5S2/c1-26-15-10-7-14(8-11-15)9-12-19(22)25-13-18(21)20-16-5-3-4-6-17(16)27(2,23)24/h3-12H,13H2,1-2H3,(H,20,21)/b12-9+. The summed E-state index contributed by atoms with van der Waals surface area (Å²) in [5.74, 6) is -1.30. The molecule has 0 saturated carbocycles. The number of rotatable bonds is 7. The maximum absolute atomic E-state index is 11.9. The number of esters is 1. The van der Waals surface area contributed by atoms with Crippen molar-refractivity contribution in [3.05, 3.63) is 60.2 Å². The Kier molecular flexibility index (Phi) is 7.20. The molecule has 27 heavy (non-hydrogen) atoms. The van der Waals surface area contributed by atoms with E-state index < -0.39 is 28.3 Å². The Balaban J connectivity index is 1.90. The second-order valence-electron chi connectivity index (χ2n) is 5.53. The quantitative estimate of drug-likeness (QED) is 0.433. The number of hydrogen-bond donors (Lipinski definition) is 1. The van der Waals surface area contributed by atoms with Gasteiger partial charge in [0.2, 0.25) is 0 Å². The fourth-order valence-electron chi connectivity index (χ4n) is 2.14. The molecule has 0 aliphatic carbocycles. The molecule has 2 aromatic rings. The number of para-hydroxylation sites is 1. The monoisotopic (exact) mass is 405 g/mol. The number of nitrogens with one attached hydrogen (secondary N) is 1. The number of sulfone groups is 1. The van der Waals surface area contributed by atoms with Crippen LogP contribution in [0, 0.1) is 0 Å². The number of amides is 1. The summed E-state index contributed by atoms with van der Waals surface area (Å²) in [7, 11) is -3.49. The Morgan fingerprint density at radius 2 is 1.78 bits per heavy atom. The van der Waals surface area contributed by atoms with Gasteiger partial charge in [0.15, 0.2) is 16.4 Å². The van der Waals surface area contributed by atoms with Gasteiger partial charge < -0.3 is 10.1 Å². The van der Waals surface area contributed by atoms with Crippen molar-refractivity contribution in [3.8, 4) is 0 Å². The van der Waals surface area contributed by atoms with Crippen LogP contribution in [-0.4, -0.2) is 39.4 Å². The largest absolute Gasteiger partial charge is 0.452 e. The van der Waals surface area contributed by atoms with Crippen LogP contribution in [0.15, 0.2) is 64.4 Å². The Hall–Kier alpha value is -2.58. The SMILES string of the molecule is CSc1ccc(/C=C/C(=O)OCC(=O)Nc2ccccc2S(C)(=O)=O)cc1. The number of hydrogen-bond acceptors (Lipinski definition) is 6. The van der Waals surface area contributed by atoms with Crippen LogP contribution in [0.5, 0.6) is 0 Å². The number of carbonyl (C=O) groups excluding carboxylic acids is 2. The Morgan fingerprint density at radius 3 is 2.41 bits per heavy atom. The van der Waals surface area contributed by atoms with E-state index in [1.54, 1.807) is 30.0 Å². The molecule has 0 aromatic heterocycles. The first-order valence-electron chi connectivity index (χ1n) is 7.87. The molecule has 0 bridgehead atoms. The average molecular weight is 405 g/mol. The molecule has 2 aromatic carbocycles. The first-order valence-corrected chi connectivity index (χ1v) is 11.0. The van der Waals surface area contributed by atoms with Crippen LogP contribution in [0.4, 0.5) is 5.69 Å². The molecule has 142 valence electrons. The van der Waals surface area contributed by atoms with Crippen LogP contribution in [-0.2, 0) is 24.2 Å². The number of benzene rings is 2. The highest BCUT2D eigenvalue weighted by Crippen LogP contribution is 2.20. The fraction of sp³-hybridized carbons (Fsp3) is 0.158. The lowest BCUT2D eigenvalue weighted by Gasteiger charge is -2.09. The highest BCUT2D eigenvalue weighted by molar-refractivity contribution is 7.98. The van der Waals surface area contributed by atoms with E-state index >= 15 is 0 Å². The Morgan fingerprint density at radius 1 is 1.11 bits per heavy atom. The Bertz CT molecular complexity index is 950. The van der Waals surface area contributed by atoms with Crippen molar-refractivity contribution in [2.75, 3.05) is 24.4 Å². The molecule has 2 rings (SSSR count). The maximum Gasteiger partial charge on any atom is 0.331 e. The van der Waals surface area contributed by atoms with Gasteiger partial charge in [0.05, 0.1) is 10.6 Å². The number of anilines is 1. The van der Waals surface area contributed by atoms with Crippen LogP contribution in [0.25, 0.3) is 6.08 Å². The molecule has 8 heteroatoms. The topological polar surface area (TPSA) is 89.5 Å². The van der Waals surface area contributed by atoms with E-state index in [1.807, 2.05) is 30.5 Å². The van der Waals surface area contributed by atoms with Gasteiger partial charge >= 0.3 is 5.97 Å². The van der Waals surface area contributed by atoms with E-state index in [0.717, 1.165) is 16.7 Å². The highest BCUT2D eigenvalue weighted by Gasteiger charge is 2.15. The highest BCUT2D eigenvalue weighted by atomic mass is 32.2. The molecule has 0 fully saturated rings. The summed E-state index contributed by atoms with van der Waals surface area (Å²) in [5, 5.41) is 2.44. The van der Waals surface area contributed by atoms with Gasteiger partial charge in [-0.2, -0.15) is 0 Å². The second kappa shape index (κ2) is 9.38. The molecule has 1 N–H and O–H groups in total. The summed E-state index contributed by atoms with van der Waals surface area (Å²) in [6.45, 7) is -0.521. The molecule has 0 aliphatic heterocycles. The van der Waals surface area contributed by atoms with Crippen molar-refractivity contribution in [2.45, 2.75) is 9.79 Å². The lowest BCUT2D eigenvalue weighted by Crippen LogP contribution is -2.21. The van der Waals surface area contributed by atoms with Crippen molar-refractivity contribution in [3.63, 3.8) is 0 Å². The van der Waals surface area contributed by atoms with Crippen molar-refractivity contribution in [1.29, 1.82) is 0 Å². The molecule has 0 spiro atoms. The van der Waals surface area contributed by atoms with Gasteiger partial charge in [-0.15, -0.1) is 11.8 Å². The lowest BCUT2D eigenvalue weighted by molar-refractivity contribution is -0.142. The molecule has 1 amide bonds. The number of ether oxygens (including phenoxy) is 1. The van der Waals surface area contributed by atoms with Gasteiger partial charge in [0, 0.05) is 17.2 Å². The van der Waals surface area contributed by atoms with E-state index in [1.165, 1.54) is 18.2 Å². The van der Waals surface area contributed by atoms with Gasteiger partial charge in [-0.25, -0.2) is 13.2 Å². The summed E-state index contributed by atoms with van der Waals surface area (Å²) in [6, 6.07) is 13.6. The summed E-state index contributed by atoms with van der Waals surface area (Å²) in [4.78, 5) is 24.8. The molecule has 0 radical (unpaired) electrons. The van der Waals surface area contributed by atoms with E-state index in [0.29, 0.717) is 0 Å². The van der Waals surface area contributed by atoms with Crippen LogP contribution in [0.1, 0.15) is 5.56 Å². The summed E-state index contributed by atoms with van der Waals surface area (Å²) < 4.78 is 28.3. The number of carbonyl (C=O) groups is 2. The summed E-state index contributed by atoms with van der Waals surface area (Å²) >= 11 is 1.62. The first kappa shape index (κ1) is 20.7. The van der Waals surface area contributed by atoms with Crippen LogP contribution in [0.3, 0.4) is 0 Å². The first-order chi connectivity index (χ1) is 12.8. The second-order valence-corrected chi connectivity index (χ2v) is 8.39. The molecular formula is C19H19NO5S2. The normalized spacial score (nSPS) is 11.3. The van der Waals surface area contributed by atoms with Crippen LogP contribution >= 0.6 is 11.8 Å². The minimum absolute atomic E-state index is 0.00161. The zero-order chi connectivity index (χ0) is 19.9. The third-order valence-electron chi connectivity index (χ3n) is 3.43. The van der Waals surface area contributed by atoms with Crippen LogP contribution < -0.4 is 5.32 Å². The van der Waals surface area contributed by atoms with Gasteiger partial charge in [-0.1, -0.05) is 24.3 Å². The third kappa shape index (κ3) is 6.58. The predicted octanol–water partition coefficient (Wildman–Crippen LogP) is 3.01. The molecule has 0 atom stereocenters. The van der Waals surface area contributed by atoms with E-state index in [4.69, 9.17) is 4.74 Å². The third-order valence-corrected chi connectivity index (χ3v) is 5.33. The minimum Gasteiger partial charge on any atom is -0.452 e. The van der Waals surface area contributed by atoms with E-state index in [2.05, 4.69) is 5.32 Å². The zero-order valence-corrected chi connectivity index (χ0v) is 16.5. The fourth-order valence-corrected chi connectivity index (χ4v) is 3.40. The van der Waals surface area contributed by atoms with Crippen molar-refractivity contribution >= 4 is 45.2 Å². The molecule has 0 heterocycles. The summed E-state index contributed by atoms with van der Waals surface area (Å²) in [5.41, 5.74) is 0.974.